The molecule has 0 fully saturated rings. The molecule has 0 aliphatic carbocycles. The van der Waals surface area contributed by atoms with E-state index in [9.17, 15) is 24.3 Å². The number of hydrogen-bond donors (Lipinski definition) is 8. The molecule has 12 N–H and O–H groups in total. The molecule has 0 saturated carbocycles. The van der Waals surface area contributed by atoms with E-state index in [2.05, 4.69) is 20.9 Å². The Balaban J connectivity index is 2.90. The summed E-state index contributed by atoms with van der Waals surface area (Å²) in [6.45, 7) is 4.19. The van der Waals surface area contributed by atoms with Crippen molar-refractivity contribution in [2.24, 2.45) is 33.8 Å². The summed E-state index contributed by atoms with van der Waals surface area (Å²) >= 11 is 0. The van der Waals surface area contributed by atoms with E-state index in [0.717, 1.165) is 5.56 Å². The molecule has 1 aromatic carbocycles. The lowest BCUT2D eigenvalue weighted by Gasteiger charge is -2.27. The molecular formula is C26H44N8O5. The fourth-order valence-electron chi connectivity index (χ4n) is 3.79. The zero-order chi connectivity index (χ0) is 29.4. The Hall–Kier alpha value is -3.71. The van der Waals surface area contributed by atoms with Gasteiger partial charge < -0.3 is 44.0 Å². The third kappa shape index (κ3) is 13.1. The summed E-state index contributed by atoms with van der Waals surface area (Å²) in [6.07, 6.45) is 2.34. The normalized spacial score (nSPS) is 14.0. The number of carbonyl (C=O) groups excluding carboxylic acids is 3. The van der Waals surface area contributed by atoms with Gasteiger partial charge in [0.2, 0.25) is 17.7 Å². The van der Waals surface area contributed by atoms with E-state index >= 15 is 0 Å². The van der Waals surface area contributed by atoms with Crippen LogP contribution in [0.15, 0.2) is 35.3 Å². The summed E-state index contributed by atoms with van der Waals surface area (Å²) < 4.78 is 0. The Morgan fingerprint density at radius 2 is 1.51 bits per heavy atom. The van der Waals surface area contributed by atoms with Crippen molar-refractivity contribution in [3.63, 3.8) is 0 Å². The van der Waals surface area contributed by atoms with Crippen LogP contribution in [0.5, 0.6) is 0 Å². The van der Waals surface area contributed by atoms with Gasteiger partial charge in [0.25, 0.3) is 0 Å². The number of unbranched alkanes of at least 4 members (excludes halogenated alkanes) is 1. The van der Waals surface area contributed by atoms with Gasteiger partial charge in [0.1, 0.15) is 18.1 Å². The maximum absolute atomic E-state index is 13.2. The zero-order valence-electron chi connectivity index (χ0n) is 22.8. The molecule has 39 heavy (non-hydrogen) atoms. The minimum Gasteiger partial charge on any atom is -0.480 e. The third-order valence-corrected chi connectivity index (χ3v) is 6.03. The number of hydrogen-bond acceptors (Lipinski definition) is 7. The van der Waals surface area contributed by atoms with Crippen molar-refractivity contribution in [1.82, 2.24) is 16.0 Å². The third-order valence-electron chi connectivity index (χ3n) is 6.03. The van der Waals surface area contributed by atoms with Gasteiger partial charge in [-0.2, -0.15) is 0 Å². The van der Waals surface area contributed by atoms with E-state index in [0.29, 0.717) is 38.8 Å². The molecule has 1 rings (SSSR count). The summed E-state index contributed by atoms with van der Waals surface area (Å²) in [7, 11) is 0. The topological polar surface area (TPSA) is 241 Å². The van der Waals surface area contributed by atoms with Crippen LogP contribution in [0.1, 0.15) is 51.5 Å². The highest BCUT2D eigenvalue weighted by atomic mass is 16.4. The van der Waals surface area contributed by atoms with Crippen LogP contribution in [-0.2, 0) is 25.6 Å². The number of carboxylic acid groups (broad SMARTS) is 1. The van der Waals surface area contributed by atoms with Gasteiger partial charge in [-0.05, 0) is 50.1 Å². The van der Waals surface area contributed by atoms with Crippen molar-refractivity contribution in [3.05, 3.63) is 35.9 Å². The lowest BCUT2D eigenvalue weighted by atomic mass is 10.00. The highest BCUT2D eigenvalue weighted by molar-refractivity contribution is 5.94. The van der Waals surface area contributed by atoms with Gasteiger partial charge in [0.05, 0.1) is 6.04 Å². The highest BCUT2D eigenvalue weighted by Crippen LogP contribution is 2.09. The first kappa shape index (κ1) is 33.3. The van der Waals surface area contributed by atoms with Gasteiger partial charge in [0.15, 0.2) is 5.96 Å². The van der Waals surface area contributed by atoms with Crippen molar-refractivity contribution in [2.75, 3.05) is 13.1 Å². The summed E-state index contributed by atoms with van der Waals surface area (Å²) in [4.78, 5) is 54.7. The molecule has 0 aliphatic heterocycles. The maximum Gasteiger partial charge on any atom is 0.326 e. The molecule has 0 bridgehead atoms. The van der Waals surface area contributed by atoms with E-state index in [1.807, 2.05) is 6.07 Å². The highest BCUT2D eigenvalue weighted by Gasteiger charge is 2.31. The molecule has 0 heterocycles. The van der Waals surface area contributed by atoms with E-state index < -0.39 is 47.9 Å². The van der Waals surface area contributed by atoms with Crippen molar-refractivity contribution >= 4 is 29.7 Å². The second-order valence-electron chi connectivity index (χ2n) is 9.72. The van der Waals surface area contributed by atoms with Crippen molar-refractivity contribution < 1.29 is 24.3 Å². The Labute approximate surface area is 229 Å². The van der Waals surface area contributed by atoms with Crippen LogP contribution in [-0.4, -0.2) is 72.0 Å². The molecule has 0 saturated heterocycles. The van der Waals surface area contributed by atoms with E-state index in [1.165, 1.54) is 0 Å². The van der Waals surface area contributed by atoms with Crippen LogP contribution in [0.4, 0.5) is 0 Å². The zero-order valence-corrected chi connectivity index (χ0v) is 22.8. The van der Waals surface area contributed by atoms with Gasteiger partial charge >= 0.3 is 5.97 Å². The van der Waals surface area contributed by atoms with Crippen LogP contribution >= 0.6 is 0 Å². The second kappa shape index (κ2) is 17.7. The first-order valence-corrected chi connectivity index (χ1v) is 13.1. The molecule has 0 spiro atoms. The molecule has 4 atom stereocenters. The first-order chi connectivity index (χ1) is 18.5. The monoisotopic (exact) mass is 548 g/mol. The number of benzene rings is 1. The Bertz CT molecular complexity index is 953. The SMILES string of the molecule is CC(C)C(NC(=O)C(CCCCN)NC(=O)C(N)CCCN=C(N)N)C(=O)NC(Cc1ccccc1)C(=O)O. The van der Waals surface area contributed by atoms with E-state index in [4.69, 9.17) is 22.9 Å². The van der Waals surface area contributed by atoms with Crippen molar-refractivity contribution in [3.8, 4) is 0 Å². The second-order valence-corrected chi connectivity index (χ2v) is 9.72. The average molecular weight is 549 g/mol. The lowest BCUT2D eigenvalue weighted by Crippen LogP contribution is -2.58. The van der Waals surface area contributed by atoms with Gasteiger partial charge in [-0.1, -0.05) is 44.2 Å². The fraction of sp³-hybridized carbons (Fsp3) is 0.577. The van der Waals surface area contributed by atoms with Gasteiger partial charge in [0, 0.05) is 13.0 Å². The minimum absolute atomic E-state index is 0.0526. The van der Waals surface area contributed by atoms with E-state index in [1.54, 1.807) is 38.1 Å². The van der Waals surface area contributed by atoms with Crippen molar-refractivity contribution in [2.45, 2.75) is 76.5 Å². The predicted molar refractivity (Wildman–Crippen MR) is 149 cm³/mol. The minimum atomic E-state index is -1.19. The van der Waals surface area contributed by atoms with Crippen LogP contribution in [0.25, 0.3) is 0 Å². The largest absolute Gasteiger partial charge is 0.480 e. The lowest BCUT2D eigenvalue weighted by molar-refractivity contribution is -0.142. The summed E-state index contributed by atoms with van der Waals surface area (Å²) in [6, 6.07) is 4.85. The number of carboxylic acids is 1. The molecule has 218 valence electrons. The maximum atomic E-state index is 13.2. The smallest absolute Gasteiger partial charge is 0.326 e. The number of carbonyl (C=O) groups is 4. The summed E-state index contributed by atoms with van der Waals surface area (Å²) in [5.74, 6) is -3.34. The fourth-order valence-corrected chi connectivity index (χ4v) is 3.79. The number of guanidine groups is 1. The van der Waals surface area contributed by atoms with Crippen LogP contribution in [0.2, 0.25) is 0 Å². The number of rotatable bonds is 18. The average Bonchev–Trinajstić information content (AvgIpc) is 2.88. The molecular weight excluding hydrogens is 504 g/mol. The van der Waals surface area contributed by atoms with Gasteiger partial charge in [-0.3, -0.25) is 19.4 Å². The Kier molecular flexibility index (Phi) is 15.2. The van der Waals surface area contributed by atoms with Gasteiger partial charge in [-0.25, -0.2) is 4.79 Å². The van der Waals surface area contributed by atoms with Gasteiger partial charge in [-0.15, -0.1) is 0 Å². The standard InChI is InChI=1S/C26H44N8O5/c1-16(2)21(24(37)33-20(25(38)39)15-17-9-4-3-5-10-17)34-23(36)19(12-6-7-13-27)32-22(35)18(28)11-8-14-31-26(29)30/h3-5,9-10,16,18-21H,6-8,11-15,27-28H2,1-2H3,(H,32,35)(H,33,37)(H,34,36)(H,38,39)(H4,29,30,31). The molecule has 13 nitrogen and oxygen atoms in total. The Morgan fingerprint density at radius 1 is 0.872 bits per heavy atom. The number of nitrogens with two attached hydrogens (primary N) is 4. The van der Waals surface area contributed by atoms with Crippen LogP contribution in [0, 0.1) is 5.92 Å². The van der Waals surface area contributed by atoms with Crippen molar-refractivity contribution in [1.29, 1.82) is 0 Å². The predicted octanol–water partition coefficient (Wildman–Crippen LogP) is -1.07. The molecule has 13 heteroatoms. The van der Waals surface area contributed by atoms with Crippen LogP contribution < -0.4 is 38.9 Å². The summed E-state index contributed by atoms with van der Waals surface area (Å²) in [5.41, 5.74) is 22.9. The van der Waals surface area contributed by atoms with E-state index in [-0.39, 0.29) is 24.7 Å². The molecule has 4 unspecified atom stereocenters. The number of aliphatic carboxylic acids is 1. The summed E-state index contributed by atoms with van der Waals surface area (Å²) in [5, 5.41) is 17.5. The molecule has 0 aliphatic rings. The molecule has 0 radical (unpaired) electrons. The number of aliphatic imine (C=N–C) groups is 1. The molecule has 1 aromatic rings. The number of nitrogens with zero attached hydrogens (tertiary/aromatic N) is 1. The quantitative estimate of drug-likeness (QED) is 0.0632. The number of nitrogens with one attached hydrogen (secondary N) is 3. The number of amides is 3. The molecule has 3 amide bonds. The Morgan fingerprint density at radius 3 is 2.08 bits per heavy atom. The van der Waals surface area contributed by atoms with Crippen LogP contribution in [0.3, 0.4) is 0 Å². The first-order valence-electron chi connectivity index (χ1n) is 13.1. The molecule has 0 aromatic heterocycles.